The molecule has 2 aliphatic heterocycles. The van der Waals surface area contributed by atoms with E-state index in [1.807, 2.05) is 0 Å². The van der Waals surface area contributed by atoms with Crippen molar-refractivity contribution >= 4 is 33.0 Å². The van der Waals surface area contributed by atoms with Gasteiger partial charge in [-0.25, -0.2) is 8.42 Å². The third kappa shape index (κ3) is 4.85. The molecule has 33 heavy (non-hydrogen) atoms. The molecule has 10 nitrogen and oxygen atoms in total. The van der Waals surface area contributed by atoms with E-state index in [9.17, 15) is 23.3 Å². The largest absolute Gasteiger partial charge is 0.379 e. The first-order valence-corrected chi connectivity index (χ1v) is 12.2. The highest BCUT2D eigenvalue weighted by Crippen LogP contribution is 2.33. The maximum absolute atomic E-state index is 13.2. The number of rotatable bonds is 6. The van der Waals surface area contributed by atoms with Gasteiger partial charge in [-0.05, 0) is 50.1 Å². The van der Waals surface area contributed by atoms with Crippen molar-refractivity contribution in [1.82, 2.24) is 4.31 Å². The Morgan fingerprint density at radius 2 is 1.76 bits per heavy atom. The summed E-state index contributed by atoms with van der Waals surface area (Å²) in [6.45, 7) is 4.44. The first-order chi connectivity index (χ1) is 15.8. The minimum absolute atomic E-state index is 0.0668. The lowest BCUT2D eigenvalue weighted by Gasteiger charge is -2.27. The predicted octanol–water partition coefficient (Wildman–Crippen LogP) is 2.78. The van der Waals surface area contributed by atoms with Gasteiger partial charge in [-0.1, -0.05) is 0 Å². The van der Waals surface area contributed by atoms with Gasteiger partial charge in [0.15, 0.2) is 0 Å². The molecule has 1 N–H and O–H groups in total. The number of nitrogens with one attached hydrogen (secondary N) is 1. The Morgan fingerprint density at radius 3 is 2.39 bits per heavy atom. The summed E-state index contributed by atoms with van der Waals surface area (Å²) < 4.78 is 33.0. The molecule has 2 aromatic carbocycles. The summed E-state index contributed by atoms with van der Waals surface area (Å²) in [5.41, 5.74) is 1.71. The molecule has 0 saturated carbocycles. The molecule has 2 saturated heterocycles. The zero-order chi connectivity index (χ0) is 23.6. The molecule has 4 rings (SSSR count). The maximum Gasteiger partial charge on any atom is 0.272 e. The zero-order valence-corrected chi connectivity index (χ0v) is 19.1. The lowest BCUT2D eigenvalue weighted by Crippen LogP contribution is -2.40. The van der Waals surface area contributed by atoms with E-state index in [2.05, 4.69) is 10.2 Å². The number of carbonyl (C=O) groups excluding carboxylic acids is 1. The van der Waals surface area contributed by atoms with Crippen LogP contribution in [0.1, 0.15) is 28.8 Å². The van der Waals surface area contributed by atoms with Crippen LogP contribution in [-0.2, 0) is 14.8 Å². The van der Waals surface area contributed by atoms with Crippen molar-refractivity contribution in [2.75, 3.05) is 49.6 Å². The Balaban J connectivity index is 1.67. The van der Waals surface area contributed by atoms with Crippen LogP contribution in [0.15, 0.2) is 41.3 Å². The normalized spacial score (nSPS) is 17.2. The first-order valence-electron chi connectivity index (χ1n) is 10.8. The summed E-state index contributed by atoms with van der Waals surface area (Å²) in [5, 5.41) is 13.9. The second kappa shape index (κ2) is 9.46. The molecule has 1 amide bonds. The van der Waals surface area contributed by atoms with Crippen LogP contribution in [0.3, 0.4) is 0 Å². The van der Waals surface area contributed by atoms with Gasteiger partial charge in [0.05, 0.1) is 34.4 Å². The van der Waals surface area contributed by atoms with Crippen molar-refractivity contribution in [2.45, 2.75) is 24.7 Å². The van der Waals surface area contributed by atoms with Gasteiger partial charge in [-0.3, -0.25) is 14.9 Å². The Kier molecular flexibility index (Phi) is 6.63. The molecule has 2 aromatic rings. The first kappa shape index (κ1) is 23.1. The number of nitro benzene ring substituents is 1. The Morgan fingerprint density at radius 1 is 1.06 bits per heavy atom. The van der Waals surface area contributed by atoms with Crippen molar-refractivity contribution in [1.29, 1.82) is 0 Å². The molecule has 176 valence electrons. The summed E-state index contributed by atoms with van der Waals surface area (Å²) in [5.74, 6) is -0.464. The van der Waals surface area contributed by atoms with Gasteiger partial charge in [-0.2, -0.15) is 4.31 Å². The second-order valence-corrected chi connectivity index (χ2v) is 10.0. The molecule has 0 spiro atoms. The summed E-state index contributed by atoms with van der Waals surface area (Å²) in [7, 11) is -3.74. The van der Waals surface area contributed by atoms with Gasteiger partial charge in [0.2, 0.25) is 10.0 Å². The molecule has 0 unspecified atom stereocenters. The van der Waals surface area contributed by atoms with Crippen LogP contribution in [0.5, 0.6) is 0 Å². The monoisotopic (exact) mass is 474 g/mol. The van der Waals surface area contributed by atoms with Crippen molar-refractivity contribution in [3.63, 3.8) is 0 Å². The molecule has 0 radical (unpaired) electrons. The second-order valence-electron chi connectivity index (χ2n) is 8.10. The number of nitrogens with zero attached hydrogens (tertiary/aromatic N) is 3. The van der Waals surface area contributed by atoms with E-state index in [0.717, 1.165) is 31.6 Å². The molecule has 0 aliphatic carbocycles. The molecular weight excluding hydrogens is 448 g/mol. The number of anilines is 2. The van der Waals surface area contributed by atoms with Crippen molar-refractivity contribution in [2.24, 2.45) is 0 Å². The molecule has 0 bridgehead atoms. The lowest BCUT2D eigenvalue weighted by atomic mass is 10.1. The average molecular weight is 475 g/mol. The van der Waals surface area contributed by atoms with Crippen molar-refractivity contribution in [3.8, 4) is 0 Å². The van der Waals surface area contributed by atoms with Gasteiger partial charge in [0, 0.05) is 43.4 Å². The topological polar surface area (TPSA) is 122 Å². The lowest BCUT2D eigenvalue weighted by molar-refractivity contribution is -0.385. The molecular formula is C22H26N4O6S. The zero-order valence-electron chi connectivity index (χ0n) is 18.3. The number of hydrogen-bond acceptors (Lipinski definition) is 7. The molecule has 0 atom stereocenters. The van der Waals surface area contributed by atoms with E-state index in [-0.39, 0.29) is 29.2 Å². The minimum Gasteiger partial charge on any atom is -0.379 e. The molecule has 11 heteroatoms. The number of aryl methyl sites for hydroxylation is 1. The van der Waals surface area contributed by atoms with Crippen LogP contribution >= 0.6 is 0 Å². The van der Waals surface area contributed by atoms with E-state index in [1.54, 1.807) is 19.1 Å². The Bertz CT molecular complexity index is 1170. The van der Waals surface area contributed by atoms with Gasteiger partial charge in [-0.15, -0.1) is 0 Å². The van der Waals surface area contributed by atoms with Gasteiger partial charge < -0.3 is 15.0 Å². The van der Waals surface area contributed by atoms with Gasteiger partial charge >= 0.3 is 0 Å². The number of carbonyl (C=O) groups is 1. The van der Waals surface area contributed by atoms with Crippen molar-refractivity contribution < 1.29 is 22.9 Å². The highest BCUT2D eigenvalue weighted by atomic mass is 32.2. The molecule has 2 fully saturated rings. The van der Waals surface area contributed by atoms with E-state index >= 15 is 0 Å². The number of hydrogen-bond donors (Lipinski definition) is 1. The summed E-state index contributed by atoms with van der Waals surface area (Å²) in [6, 6.07) is 8.95. The quantitative estimate of drug-likeness (QED) is 0.505. The number of amides is 1. The Labute approximate surface area is 192 Å². The van der Waals surface area contributed by atoms with E-state index in [0.29, 0.717) is 24.5 Å². The smallest absolute Gasteiger partial charge is 0.272 e. The number of benzene rings is 2. The number of sulfonamides is 1. The highest BCUT2D eigenvalue weighted by Gasteiger charge is 2.28. The van der Waals surface area contributed by atoms with Crippen LogP contribution in [0.4, 0.5) is 17.1 Å². The van der Waals surface area contributed by atoms with E-state index in [4.69, 9.17) is 4.74 Å². The predicted molar refractivity (Wildman–Crippen MR) is 123 cm³/mol. The fourth-order valence-electron chi connectivity index (χ4n) is 4.14. The summed E-state index contributed by atoms with van der Waals surface area (Å²) in [4.78, 5) is 25.8. The molecule has 2 heterocycles. The third-order valence-electron chi connectivity index (χ3n) is 5.93. The molecule has 0 aromatic heterocycles. The number of morpholine rings is 1. The van der Waals surface area contributed by atoms with Gasteiger partial charge in [0.25, 0.3) is 11.6 Å². The van der Waals surface area contributed by atoms with Crippen LogP contribution in [-0.4, -0.2) is 62.9 Å². The SMILES string of the molecule is Cc1cc(C(=O)Nc2cc(S(=O)(=O)N3CCOCC3)ccc2N2CCCC2)ccc1[N+](=O)[O-]. The van der Waals surface area contributed by atoms with E-state index < -0.39 is 20.9 Å². The standard InChI is InChI=1S/C22H26N4O6S/c1-16-14-17(4-6-20(16)26(28)29)22(27)23-19-15-18(5-7-21(19)24-8-2-3-9-24)33(30,31)25-10-12-32-13-11-25/h4-7,14-15H,2-3,8-13H2,1H3,(H,23,27). The maximum atomic E-state index is 13.2. The van der Waals surface area contributed by atoms with Gasteiger partial charge in [0.1, 0.15) is 0 Å². The average Bonchev–Trinajstić information content (AvgIpc) is 3.34. The third-order valence-corrected chi connectivity index (χ3v) is 7.82. The number of ether oxygens (including phenoxy) is 1. The van der Waals surface area contributed by atoms with Crippen LogP contribution in [0, 0.1) is 17.0 Å². The van der Waals surface area contributed by atoms with Crippen LogP contribution in [0.2, 0.25) is 0 Å². The fraction of sp³-hybridized carbons (Fsp3) is 0.409. The summed E-state index contributed by atoms with van der Waals surface area (Å²) >= 11 is 0. The van der Waals surface area contributed by atoms with E-state index in [1.165, 1.54) is 28.6 Å². The van der Waals surface area contributed by atoms with Crippen LogP contribution < -0.4 is 10.2 Å². The fourth-order valence-corrected chi connectivity index (χ4v) is 5.58. The minimum atomic E-state index is -3.74. The van der Waals surface area contributed by atoms with Crippen LogP contribution in [0.25, 0.3) is 0 Å². The molecule has 2 aliphatic rings. The van der Waals surface area contributed by atoms with Crippen molar-refractivity contribution in [3.05, 3.63) is 57.6 Å². The Hall–Kier alpha value is -3.02. The number of nitro groups is 1. The highest BCUT2D eigenvalue weighted by molar-refractivity contribution is 7.89. The summed E-state index contributed by atoms with van der Waals surface area (Å²) in [6.07, 6.45) is 2.03.